The minimum Gasteiger partial charge on any atom is -0.476 e. The summed E-state index contributed by atoms with van der Waals surface area (Å²) in [5.74, 6) is -2.74. The molecule has 0 aliphatic carbocycles. The predicted octanol–water partition coefficient (Wildman–Crippen LogP) is 2.79. The van der Waals surface area contributed by atoms with Crippen molar-refractivity contribution in [2.75, 3.05) is 0 Å². The Morgan fingerprint density at radius 3 is 2.75 bits per heavy atom. The van der Waals surface area contributed by atoms with Gasteiger partial charge < -0.3 is 5.11 Å². The number of aromatic carboxylic acids is 1. The van der Waals surface area contributed by atoms with Gasteiger partial charge in [-0.25, -0.2) is 18.6 Å². The zero-order valence-electron chi connectivity index (χ0n) is 7.78. The van der Waals surface area contributed by atoms with E-state index in [0.29, 0.717) is 6.07 Å². The number of benzene rings is 1. The Morgan fingerprint density at radius 2 is 2.12 bits per heavy atom. The molecular formula is C10H5F2NO2S. The van der Waals surface area contributed by atoms with E-state index in [-0.39, 0.29) is 16.1 Å². The van der Waals surface area contributed by atoms with Crippen molar-refractivity contribution in [1.82, 2.24) is 4.98 Å². The van der Waals surface area contributed by atoms with Gasteiger partial charge in [-0.3, -0.25) is 0 Å². The Kier molecular flexibility index (Phi) is 2.66. The number of nitrogens with zero attached hydrogens (tertiary/aromatic N) is 1. The van der Waals surface area contributed by atoms with E-state index in [2.05, 4.69) is 4.98 Å². The van der Waals surface area contributed by atoms with E-state index >= 15 is 0 Å². The molecule has 1 aromatic heterocycles. The molecule has 0 aliphatic heterocycles. The smallest absolute Gasteiger partial charge is 0.356 e. The second kappa shape index (κ2) is 3.97. The number of hydrogen-bond donors (Lipinski definition) is 1. The predicted molar refractivity (Wildman–Crippen MR) is 54.4 cm³/mol. The van der Waals surface area contributed by atoms with E-state index in [1.807, 2.05) is 0 Å². The SMILES string of the molecule is O=C(O)c1ncsc1-c1ccc(F)cc1F. The first-order valence-electron chi connectivity index (χ1n) is 4.22. The molecule has 0 spiro atoms. The molecule has 0 unspecified atom stereocenters. The van der Waals surface area contributed by atoms with Gasteiger partial charge in [0, 0.05) is 11.6 Å². The number of aromatic nitrogens is 1. The van der Waals surface area contributed by atoms with E-state index < -0.39 is 17.6 Å². The number of carboxylic acid groups (broad SMARTS) is 1. The monoisotopic (exact) mass is 241 g/mol. The zero-order valence-corrected chi connectivity index (χ0v) is 8.59. The Labute approximate surface area is 93.0 Å². The van der Waals surface area contributed by atoms with E-state index in [9.17, 15) is 13.6 Å². The first-order valence-corrected chi connectivity index (χ1v) is 5.10. The van der Waals surface area contributed by atoms with Gasteiger partial charge >= 0.3 is 5.97 Å². The van der Waals surface area contributed by atoms with Gasteiger partial charge in [-0.05, 0) is 12.1 Å². The first-order chi connectivity index (χ1) is 7.59. The largest absolute Gasteiger partial charge is 0.476 e. The standard InChI is InChI=1S/C10H5F2NO2S/c11-5-1-2-6(7(12)3-5)9-8(10(14)15)13-4-16-9/h1-4H,(H,14,15). The van der Waals surface area contributed by atoms with Crippen molar-refractivity contribution in [2.45, 2.75) is 0 Å². The molecule has 0 bridgehead atoms. The van der Waals surface area contributed by atoms with Crippen LogP contribution in [0.15, 0.2) is 23.7 Å². The minimum absolute atomic E-state index is 0.0429. The lowest BCUT2D eigenvalue weighted by Crippen LogP contribution is -1.99. The maximum atomic E-state index is 13.4. The summed E-state index contributed by atoms with van der Waals surface area (Å²) in [5, 5.41) is 8.81. The lowest BCUT2D eigenvalue weighted by atomic mass is 10.1. The number of carboxylic acids is 1. The van der Waals surface area contributed by atoms with Gasteiger partial charge in [-0.15, -0.1) is 11.3 Å². The average molecular weight is 241 g/mol. The normalized spacial score (nSPS) is 10.4. The molecule has 0 amide bonds. The Morgan fingerprint density at radius 1 is 1.38 bits per heavy atom. The highest BCUT2D eigenvalue weighted by atomic mass is 32.1. The molecule has 2 aromatic rings. The fourth-order valence-corrected chi connectivity index (χ4v) is 2.07. The molecule has 0 saturated carbocycles. The summed E-state index contributed by atoms with van der Waals surface area (Å²) >= 11 is 0.997. The number of hydrogen-bond acceptors (Lipinski definition) is 3. The number of thiazole rings is 1. The molecule has 16 heavy (non-hydrogen) atoms. The molecule has 0 atom stereocenters. The molecule has 1 aromatic carbocycles. The van der Waals surface area contributed by atoms with Crippen molar-refractivity contribution < 1.29 is 18.7 Å². The molecule has 82 valence electrons. The molecule has 0 saturated heterocycles. The number of halogens is 2. The van der Waals surface area contributed by atoms with Crippen LogP contribution < -0.4 is 0 Å². The van der Waals surface area contributed by atoms with Crippen molar-refractivity contribution in [2.24, 2.45) is 0 Å². The minimum atomic E-state index is -1.24. The van der Waals surface area contributed by atoms with Gasteiger partial charge in [0.1, 0.15) is 11.6 Å². The lowest BCUT2D eigenvalue weighted by molar-refractivity contribution is 0.0692. The van der Waals surface area contributed by atoms with Crippen LogP contribution in [0.25, 0.3) is 10.4 Å². The molecule has 3 nitrogen and oxygen atoms in total. The van der Waals surface area contributed by atoms with Gasteiger partial charge in [0.05, 0.1) is 10.4 Å². The summed E-state index contributed by atoms with van der Waals surface area (Å²) in [4.78, 5) is 14.6. The van der Waals surface area contributed by atoms with Crippen LogP contribution in [0.2, 0.25) is 0 Å². The third kappa shape index (κ3) is 1.79. The summed E-state index contributed by atoms with van der Waals surface area (Å²) in [5.41, 5.74) is 1.12. The van der Waals surface area contributed by atoms with Gasteiger partial charge in [0.25, 0.3) is 0 Å². The van der Waals surface area contributed by atoms with E-state index in [0.717, 1.165) is 17.4 Å². The van der Waals surface area contributed by atoms with Crippen LogP contribution in [0.1, 0.15) is 10.5 Å². The van der Waals surface area contributed by atoms with Gasteiger partial charge in [-0.1, -0.05) is 0 Å². The van der Waals surface area contributed by atoms with Crippen molar-refractivity contribution in [1.29, 1.82) is 0 Å². The molecular weight excluding hydrogens is 236 g/mol. The van der Waals surface area contributed by atoms with Gasteiger partial charge in [0.15, 0.2) is 5.69 Å². The topological polar surface area (TPSA) is 50.2 Å². The van der Waals surface area contributed by atoms with E-state index in [1.165, 1.54) is 11.6 Å². The molecule has 2 rings (SSSR count). The highest BCUT2D eigenvalue weighted by Crippen LogP contribution is 2.30. The summed E-state index contributed by atoms with van der Waals surface area (Å²) < 4.78 is 26.1. The fraction of sp³-hybridized carbons (Fsp3) is 0. The number of carbonyl (C=O) groups is 1. The van der Waals surface area contributed by atoms with Crippen molar-refractivity contribution in [3.05, 3.63) is 41.0 Å². The fourth-order valence-electron chi connectivity index (χ4n) is 1.26. The van der Waals surface area contributed by atoms with Crippen LogP contribution in [-0.2, 0) is 0 Å². The number of rotatable bonds is 2. The highest BCUT2D eigenvalue weighted by Gasteiger charge is 2.18. The summed E-state index contributed by atoms with van der Waals surface area (Å²) in [6, 6.07) is 2.98. The zero-order chi connectivity index (χ0) is 11.7. The third-order valence-corrected chi connectivity index (χ3v) is 2.81. The second-order valence-corrected chi connectivity index (χ2v) is 3.81. The summed E-state index contributed by atoms with van der Waals surface area (Å²) in [6.45, 7) is 0. The Balaban J connectivity index is 2.59. The van der Waals surface area contributed by atoms with Crippen LogP contribution in [0.4, 0.5) is 8.78 Å². The Bertz CT molecular complexity index is 554. The molecule has 0 fully saturated rings. The van der Waals surface area contributed by atoms with Gasteiger partial charge in [0.2, 0.25) is 0 Å². The van der Waals surface area contributed by atoms with E-state index in [4.69, 9.17) is 5.11 Å². The van der Waals surface area contributed by atoms with Crippen LogP contribution in [0.5, 0.6) is 0 Å². The molecule has 0 aliphatic rings. The third-order valence-electron chi connectivity index (χ3n) is 1.95. The summed E-state index contributed by atoms with van der Waals surface area (Å²) in [7, 11) is 0. The van der Waals surface area contributed by atoms with Crippen LogP contribution in [0.3, 0.4) is 0 Å². The molecule has 1 N–H and O–H groups in total. The quantitative estimate of drug-likeness (QED) is 0.879. The maximum Gasteiger partial charge on any atom is 0.356 e. The maximum absolute atomic E-state index is 13.4. The first kappa shape index (κ1) is 10.7. The molecule has 0 radical (unpaired) electrons. The van der Waals surface area contributed by atoms with Crippen molar-refractivity contribution >= 4 is 17.3 Å². The second-order valence-electron chi connectivity index (χ2n) is 2.96. The Hall–Kier alpha value is -1.82. The lowest BCUT2D eigenvalue weighted by Gasteiger charge is -2.01. The summed E-state index contributed by atoms with van der Waals surface area (Å²) in [6.07, 6.45) is 0. The van der Waals surface area contributed by atoms with Crippen LogP contribution in [-0.4, -0.2) is 16.1 Å². The highest BCUT2D eigenvalue weighted by molar-refractivity contribution is 7.13. The van der Waals surface area contributed by atoms with Crippen molar-refractivity contribution in [3.63, 3.8) is 0 Å². The van der Waals surface area contributed by atoms with Crippen molar-refractivity contribution in [3.8, 4) is 10.4 Å². The molecule has 6 heteroatoms. The van der Waals surface area contributed by atoms with E-state index in [1.54, 1.807) is 0 Å². The average Bonchev–Trinajstić information content (AvgIpc) is 2.66. The van der Waals surface area contributed by atoms with Gasteiger partial charge in [-0.2, -0.15) is 0 Å². The molecule has 1 heterocycles. The van der Waals surface area contributed by atoms with Crippen LogP contribution in [0, 0.1) is 11.6 Å². The van der Waals surface area contributed by atoms with Crippen LogP contribution >= 0.6 is 11.3 Å².